The molecule has 0 fully saturated rings. The Morgan fingerprint density at radius 3 is 2.65 bits per heavy atom. The third-order valence-corrected chi connectivity index (χ3v) is 5.71. The SMILES string of the molecule is O=C(c1cccs1)N(Cc1ccco1)c1nc(-c2ccc(Cl)cc2)cs1. The molecular weight excluding hydrogens is 388 g/mol. The molecule has 3 aromatic heterocycles. The highest BCUT2D eigenvalue weighted by atomic mass is 35.5. The van der Waals surface area contributed by atoms with E-state index in [4.69, 9.17) is 16.0 Å². The summed E-state index contributed by atoms with van der Waals surface area (Å²) in [6.45, 7) is 0.331. The Kier molecular flexibility index (Phi) is 4.88. The van der Waals surface area contributed by atoms with E-state index in [1.165, 1.54) is 22.7 Å². The van der Waals surface area contributed by atoms with Crippen LogP contribution in [0.1, 0.15) is 15.4 Å². The molecule has 4 aromatic rings. The highest BCUT2D eigenvalue weighted by Gasteiger charge is 2.23. The molecule has 4 nitrogen and oxygen atoms in total. The lowest BCUT2D eigenvalue weighted by Crippen LogP contribution is -2.29. The van der Waals surface area contributed by atoms with E-state index in [9.17, 15) is 4.79 Å². The molecule has 1 amide bonds. The lowest BCUT2D eigenvalue weighted by Gasteiger charge is -2.17. The number of thiophene rings is 1. The normalized spacial score (nSPS) is 10.8. The van der Waals surface area contributed by atoms with Crippen molar-refractivity contribution in [2.24, 2.45) is 0 Å². The molecule has 0 aliphatic carbocycles. The molecule has 0 aliphatic heterocycles. The summed E-state index contributed by atoms with van der Waals surface area (Å²) in [6.07, 6.45) is 1.60. The maximum Gasteiger partial charge on any atom is 0.270 e. The van der Waals surface area contributed by atoms with Crippen LogP contribution in [0.15, 0.2) is 70.0 Å². The molecule has 1 aromatic carbocycles. The summed E-state index contributed by atoms with van der Waals surface area (Å²) < 4.78 is 5.43. The van der Waals surface area contributed by atoms with Gasteiger partial charge in [-0.25, -0.2) is 4.98 Å². The average molecular weight is 401 g/mol. The number of aromatic nitrogens is 1. The zero-order chi connectivity index (χ0) is 17.9. The van der Waals surface area contributed by atoms with Crippen molar-refractivity contribution in [3.8, 4) is 11.3 Å². The van der Waals surface area contributed by atoms with Gasteiger partial charge in [-0.2, -0.15) is 0 Å². The molecule has 7 heteroatoms. The van der Waals surface area contributed by atoms with E-state index in [-0.39, 0.29) is 5.91 Å². The second-order valence-corrected chi connectivity index (χ2v) is 7.69. The van der Waals surface area contributed by atoms with Gasteiger partial charge in [0.2, 0.25) is 0 Å². The van der Waals surface area contributed by atoms with Crippen LogP contribution in [-0.2, 0) is 6.54 Å². The smallest absolute Gasteiger partial charge is 0.270 e. The van der Waals surface area contributed by atoms with E-state index in [2.05, 4.69) is 4.98 Å². The fraction of sp³-hybridized carbons (Fsp3) is 0.0526. The van der Waals surface area contributed by atoms with Crippen LogP contribution in [0, 0.1) is 0 Å². The summed E-state index contributed by atoms with van der Waals surface area (Å²) in [5.41, 5.74) is 1.77. The molecule has 3 heterocycles. The summed E-state index contributed by atoms with van der Waals surface area (Å²) in [5.74, 6) is 0.617. The minimum absolute atomic E-state index is 0.0894. The first-order valence-electron chi connectivity index (χ1n) is 7.80. The van der Waals surface area contributed by atoms with E-state index in [1.54, 1.807) is 11.2 Å². The summed E-state index contributed by atoms with van der Waals surface area (Å²) >= 11 is 8.79. The largest absolute Gasteiger partial charge is 0.467 e. The molecule has 130 valence electrons. The number of thiazole rings is 1. The van der Waals surface area contributed by atoms with E-state index >= 15 is 0 Å². The van der Waals surface area contributed by atoms with Gasteiger partial charge in [0.1, 0.15) is 5.76 Å². The Morgan fingerprint density at radius 2 is 1.96 bits per heavy atom. The lowest BCUT2D eigenvalue weighted by molar-refractivity contribution is 0.0987. The minimum atomic E-state index is -0.0894. The molecule has 0 N–H and O–H groups in total. The van der Waals surface area contributed by atoms with E-state index in [0.717, 1.165) is 11.3 Å². The van der Waals surface area contributed by atoms with Crippen LogP contribution < -0.4 is 4.90 Å². The third-order valence-electron chi connectivity index (χ3n) is 3.73. The van der Waals surface area contributed by atoms with Crippen LogP contribution in [0.2, 0.25) is 5.02 Å². The summed E-state index contributed by atoms with van der Waals surface area (Å²) in [4.78, 5) is 19.9. The Hall–Kier alpha value is -2.41. The number of anilines is 1. The molecule has 0 atom stereocenters. The molecule has 0 aliphatic rings. The number of halogens is 1. The number of hydrogen-bond donors (Lipinski definition) is 0. The molecule has 0 saturated heterocycles. The van der Waals surface area contributed by atoms with Crippen LogP contribution in [-0.4, -0.2) is 10.9 Å². The second-order valence-electron chi connectivity index (χ2n) is 5.47. The van der Waals surface area contributed by atoms with Gasteiger partial charge in [0.05, 0.1) is 23.4 Å². The number of nitrogens with zero attached hydrogens (tertiary/aromatic N) is 2. The molecular formula is C19H13ClN2O2S2. The van der Waals surface area contributed by atoms with Crippen molar-refractivity contribution < 1.29 is 9.21 Å². The minimum Gasteiger partial charge on any atom is -0.467 e. The van der Waals surface area contributed by atoms with E-state index < -0.39 is 0 Å². The Labute approximate surface area is 163 Å². The predicted molar refractivity (Wildman–Crippen MR) is 106 cm³/mol. The van der Waals surface area contributed by atoms with Crippen LogP contribution in [0.25, 0.3) is 11.3 Å². The number of carbonyl (C=O) groups is 1. The molecule has 0 unspecified atom stereocenters. The first-order valence-corrected chi connectivity index (χ1v) is 9.93. The van der Waals surface area contributed by atoms with Crippen LogP contribution in [0.3, 0.4) is 0 Å². The van der Waals surface area contributed by atoms with E-state index in [0.29, 0.717) is 27.3 Å². The van der Waals surface area contributed by atoms with Crippen molar-refractivity contribution in [2.75, 3.05) is 4.90 Å². The number of rotatable bonds is 5. The first kappa shape index (κ1) is 17.0. The standard InChI is InChI=1S/C19H13ClN2O2S2/c20-14-7-5-13(6-8-14)16-12-26-19(21-16)22(11-15-3-1-9-24-15)18(23)17-4-2-10-25-17/h1-10,12H,11H2. The van der Waals surface area contributed by atoms with Gasteiger partial charge in [0.15, 0.2) is 5.13 Å². The van der Waals surface area contributed by atoms with Gasteiger partial charge in [-0.3, -0.25) is 9.69 Å². The van der Waals surface area contributed by atoms with Crippen molar-refractivity contribution in [3.05, 3.63) is 81.2 Å². The highest BCUT2D eigenvalue weighted by molar-refractivity contribution is 7.14. The number of carbonyl (C=O) groups excluding carboxylic acids is 1. The summed E-state index contributed by atoms with van der Waals surface area (Å²) in [6, 6.07) is 14.8. The quantitative estimate of drug-likeness (QED) is 0.415. The van der Waals surface area contributed by atoms with Crippen molar-refractivity contribution in [1.82, 2.24) is 4.98 Å². The average Bonchev–Trinajstić information content (AvgIpc) is 3.42. The van der Waals surface area contributed by atoms with E-state index in [1.807, 2.05) is 59.3 Å². The van der Waals surface area contributed by atoms with Gasteiger partial charge in [0, 0.05) is 16.0 Å². The van der Waals surface area contributed by atoms with Crippen LogP contribution in [0.5, 0.6) is 0 Å². The van der Waals surface area contributed by atoms with Gasteiger partial charge in [-0.15, -0.1) is 22.7 Å². The van der Waals surface area contributed by atoms with Crippen molar-refractivity contribution in [3.63, 3.8) is 0 Å². The van der Waals surface area contributed by atoms with Crippen molar-refractivity contribution in [2.45, 2.75) is 6.54 Å². The van der Waals surface area contributed by atoms with Crippen molar-refractivity contribution in [1.29, 1.82) is 0 Å². The molecule has 0 radical (unpaired) electrons. The lowest BCUT2D eigenvalue weighted by atomic mass is 10.2. The monoisotopic (exact) mass is 400 g/mol. The maximum atomic E-state index is 13.0. The van der Waals surface area contributed by atoms with Gasteiger partial charge >= 0.3 is 0 Å². The molecule has 0 spiro atoms. The summed E-state index contributed by atoms with van der Waals surface area (Å²) in [7, 11) is 0. The zero-order valence-electron chi connectivity index (χ0n) is 13.5. The zero-order valence-corrected chi connectivity index (χ0v) is 15.9. The molecule has 0 saturated carbocycles. The molecule has 4 rings (SSSR count). The van der Waals surface area contributed by atoms with Crippen molar-refractivity contribution >= 4 is 45.3 Å². The van der Waals surface area contributed by atoms with Crippen LogP contribution >= 0.6 is 34.3 Å². The van der Waals surface area contributed by atoms with Gasteiger partial charge in [-0.05, 0) is 35.7 Å². The fourth-order valence-corrected chi connectivity index (χ4v) is 4.09. The highest BCUT2D eigenvalue weighted by Crippen LogP contribution is 2.30. The number of benzene rings is 1. The number of furan rings is 1. The number of amides is 1. The topological polar surface area (TPSA) is 46.3 Å². The Balaban J connectivity index is 1.67. The van der Waals surface area contributed by atoms with Gasteiger partial charge < -0.3 is 4.42 Å². The Bertz CT molecular complexity index is 993. The number of hydrogen-bond acceptors (Lipinski definition) is 5. The molecule has 0 bridgehead atoms. The first-order chi connectivity index (χ1) is 12.7. The maximum absolute atomic E-state index is 13.0. The van der Waals surface area contributed by atoms with Gasteiger partial charge in [0.25, 0.3) is 5.91 Å². The van der Waals surface area contributed by atoms with Gasteiger partial charge in [-0.1, -0.05) is 29.8 Å². The summed E-state index contributed by atoms with van der Waals surface area (Å²) in [5, 5.41) is 5.13. The molecule has 26 heavy (non-hydrogen) atoms. The fourth-order valence-electron chi connectivity index (χ4n) is 2.46. The Morgan fingerprint density at radius 1 is 1.12 bits per heavy atom. The second kappa shape index (κ2) is 7.45. The predicted octanol–water partition coefficient (Wildman–Crippen LogP) is 5.97. The van der Waals surface area contributed by atoms with Crippen LogP contribution in [0.4, 0.5) is 5.13 Å². The third kappa shape index (κ3) is 3.58.